The number of aromatic carboxylic acids is 1. The van der Waals surface area contributed by atoms with E-state index in [0.29, 0.717) is 24.1 Å². The average Bonchev–Trinajstić information content (AvgIpc) is 2.79. The van der Waals surface area contributed by atoms with Crippen molar-refractivity contribution >= 4 is 5.97 Å². The van der Waals surface area contributed by atoms with Crippen LogP contribution in [0.4, 0.5) is 8.78 Å². The Bertz CT molecular complexity index is 674. The number of halogens is 2. The zero-order valence-corrected chi connectivity index (χ0v) is 10.6. The van der Waals surface area contributed by atoms with Gasteiger partial charge in [-0.1, -0.05) is 6.07 Å². The molecular formula is C14H12F2N2O2. The fourth-order valence-electron chi connectivity index (χ4n) is 2.65. The number of nitrogens with zero attached hydrogens (tertiary/aromatic N) is 2. The molecule has 4 nitrogen and oxygen atoms in total. The molecule has 0 radical (unpaired) electrons. The molecule has 0 saturated carbocycles. The van der Waals surface area contributed by atoms with E-state index in [1.807, 2.05) is 0 Å². The molecule has 0 unspecified atom stereocenters. The number of carbonyl (C=O) groups is 1. The van der Waals surface area contributed by atoms with Crippen LogP contribution in [-0.2, 0) is 12.8 Å². The van der Waals surface area contributed by atoms with Gasteiger partial charge in [0.2, 0.25) is 0 Å². The highest BCUT2D eigenvalue weighted by Gasteiger charge is 2.27. The molecule has 104 valence electrons. The van der Waals surface area contributed by atoms with E-state index < -0.39 is 17.6 Å². The van der Waals surface area contributed by atoms with Crippen molar-refractivity contribution in [1.82, 2.24) is 9.78 Å². The Kier molecular flexibility index (Phi) is 3.00. The number of benzene rings is 1. The Morgan fingerprint density at radius 2 is 1.85 bits per heavy atom. The number of para-hydroxylation sites is 1. The van der Waals surface area contributed by atoms with E-state index in [2.05, 4.69) is 5.10 Å². The van der Waals surface area contributed by atoms with Gasteiger partial charge in [0.15, 0.2) is 17.3 Å². The number of fused-ring (bicyclic) bond motifs is 1. The maximum atomic E-state index is 13.9. The van der Waals surface area contributed by atoms with Crippen molar-refractivity contribution in [3.63, 3.8) is 0 Å². The van der Waals surface area contributed by atoms with E-state index in [1.165, 1.54) is 6.07 Å². The Morgan fingerprint density at radius 1 is 1.20 bits per heavy atom. The van der Waals surface area contributed by atoms with Crippen LogP contribution in [0.1, 0.15) is 34.6 Å². The number of hydrogen-bond acceptors (Lipinski definition) is 2. The minimum absolute atomic E-state index is 0.109. The first kappa shape index (κ1) is 12.8. The lowest BCUT2D eigenvalue weighted by atomic mass is 9.95. The van der Waals surface area contributed by atoms with Gasteiger partial charge < -0.3 is 5.11 Å². The zero-order valence-electron chi connectivity index (χ0n) is 10.6. The van der Waals surface area contributed by atoms with Gasteiger partial charge in [-0.3, -0.25) is 0 Å². The van der Waals surface area contributed by atoms with E-state index in [1.54, 1.807) is 0 Å². The Labute approximate surface area is 113 Å². The van der Waals surface area contributed by atoms with E-state index in [-0.39, 0.29) is 11.4 Å². The molecule has 1 aromatic carbocycles. The summed E-state index contributed by atoms with van der Waals surface area (Å²) >= 11 is 0. The number of carboxylic acid groups (broad SMARTS) is 1. The summed E-state index contributed by atoms with van der Waals surface area (Å²) < 4.78 is 28.9. The molecule has 0 bridgehead atoms. The van der Waals surface area contributed by atoms with Crippen molar-refractivity contribution in [3.05, 3.63) is 46.8 Å². The third-order valence-electron chi connectivity index (χ3n) is 3.53. The smallest absolute Gasteiger partial charge is 0.356 e. The van der Waals surface area contributed by atoms with Crippen molar-refractivity contribution in [2.24, 2.45) is 0 Å². The first-order valence-electron chi connectivity index (χ1n) is 6.38. The molecule has 6 heteroatoms. The largest absolute Gasteiger partial charge is 0.476 e. The predicted octanol–water partition coefficient (Wildman–Crippen LogP) is 2.73. The maximum Gasteiger partial charge on any atom is 0.356 e. The standard InChI is InChI=1S/C14H12F2N2O2/c15-9-5-3-6-10(16)13(9)18-11-7-2-1-4-8(11)12(17-18)14(19)20/h3,5-6H,1-2,4,7H2,(H,19,20). The Balaban J connectivity index is 2.27. The summed E-state index contributed by atoms with van der Waals surface area (Å²) in [6, 6.07) is 3.54. The predicted molar refractivity (Wildman–Crippen MR) is 67.1 cm³/mol. The first-order valence-corrected chi connectivity index (χ1v) is 6.38. The Hall–Kier alpha value is -2.24. The average molecular weight is 278 g/mol. The minimum Gasteiger partial charge on any atom is -0.476 e. The van der Waals surface area contributed by atoms with Crippen LogP contribution in [-0.4, -0.2) is 20.9 Å². The highest BCUT2D eigenvalue weighted by Crippen LogP contribution is 2.28. The first-order chi connectivity index (χ1) is 9.59. The summed E-state index contributed by atoms with van der Waals surface area (Å²) in [6.45, 7) is 0. The topological polar surface area (TPSA) is 55.1 Å². The normalized spacial score (nSPS) is 14.1. The van der Waals surface area contributed by atoms with Crippen LogP contribution in [0.15, 0.2) is 18.2 Å². The summed E-state index contributed by atoms with van der Waals surface area (Å²) in [5.74, 6) is -2.67. The molecule has 1 aliphatic rings. The number of carboxylic acids is 1. The van der Waals surface area contributed by atoms with Crippen LogP contribution in [0.25, 0.3) is 5.69 Å². The summed E-state index contributed by atoms with van der Waals surface area (Å²) in [7, 11) is 0. The molecule has 20 heavy (non-hydrogen) atoms. The zero-order chi connectivity index (χ0) is 14.3. The third kappa shape index (κ3) is 1.88. The molecule has 0 aliphatic heterocycles. The maximum absolute atomic E-state index is 13.9. The highest BCUT2D eigenvalue weighted by atomic mass is 19.1. The lowest BCUT2D eigenvalue weighted by molar-refractivity contribution is 0.0688. The molecular weight excluding hydrogens is 266 g/mol. The second-order valence-corrected chi connectivity index (χ2v) is 4.77. The molecule has 1 N–H and O–H groups in total. The van der Waals surface area contributed by atoms with E-state index in [9.17, 15) is 18.7 Å². The molecule has 0 atom stereocenters. The second kappa shape index (κ2) is 4.70. The summed E-state index contributed by atoms with van der Waals surface area (Å²) in [5, 5.41) is 13.1. The Morgan fingerprint density at radius 3 is 2.50 bits per heavy atom. The van der Waals surface area contributed by atoms with Crippen LogP contribution in [0, 0.1) is 11.6 Å². The molecule has 0 amide bonds. The van der Waals surface area contributed by atoms with Gasteiger partial charge in [0, 0.05) is 11.3 Å². The van der Waals surface area contributed by atoms with Crippen LogP contribution in [0.2, 0.25) is 0 Å². The number of rotatable bonds is 2. The third-order valence-corrected chi connectivity index (χ3v) is 3.53. The molecule has 0 fully saturated rings. The minimum atomic E-state index is -1.17. The molecule has 1 aromatic heterocycles. The molecule has 0 saturated heterocycles. The van der Waals surface area contributed by atoms with Gasteiger partial charge in [0.25, 0.3) is 0 Å². The fourth-order valence-corrected chi connectivity index (χ4v) is 2.65. The summed E-state index contributed by atoms with van der Waals surface area (Å²) in [4.78, 5) is 11.2. The van der Waals surface area contributed by atoms with Gasteiger partial charge in [0.1, 0.15) is 5.69 Å². The van der Waals surface area contributed by atoms with E-state index in [4.69, 9.17) is 0 Å². The van der Waals surface area contributed by atoms with Gasteiger partial charge in [-0.2, -0.15) is 5.10 Å². The van der Waals surface area contributed by atoms with Crippen molar-refractivity contribution in [3.8, 4) is 5.69 Å². The monoisotopic (exact) mass is 278 g/mol. The van der Waals surface area contributed by atoms with Gasteiger partial charge >= 0.3 is 5.97 Å². The van der Waals surface area contributed by atoms with Crippen LogP contribution in [0.3, 0.4) is 0 Å². The van der Waals surface area contributed by atoms with Crippen molar-refractivity contribution in [1.29, 1.82) is 0 Å². The van der Waals surface area contributed by atoms with Crippen LogP contribution >= 0.6 is 0 Å². The van der Waals surface area contributed by atoms with E-state index >= 15 is 0 Å². The summed E-state index contributed by atoms with van der Waals surface area (Å²) in [6.07, 6.45) is 2.86. The van der Waals surface area contributed by atoms with Crippen LogP contribution in [0.5, 0.6) is 0 Å². The van der Waals surface area contributed by atoms with E-state index in [0.717, 1.165) is 29.7 Å². The van der Waals surface area contributed by atoms with Crippen LogP contribution < -0.4 is 0 Å². The molecule has 1 heterocycles. The van der Waals surface area contributed by atoms with Gasteiger partial charge in [-0.25, -0.2) is 18.3 Å². The molecule has 1 aliphatic carbocycles. The van der Waals surface area contributed by atoms with Gasteiger partial charge in [-0.05, 0) is 37.8 Å². The molecule has 0 spiro atoms. The number of aromatic nitrogens is 2. The number of hydrogen-bond donors (Lipinski definition) is 1. The SMILES string of the molecule is O=C(O)c1nn(-c2c(F)cccc2F)c2c1CCCC2. The van der Waals surface area contributed by atoms with Crippen molar-refractivity contribution < 1.29 is 18.7 Å². The molecule has 2 aromatic rings. The quantitative estimate of drug-likeness (QED) is 0.919. The lowest BCUT2D eigenvalue weighted by Crippen LogP contribution is -2.10. The lowest BCUT2D eigenvalue weighted by Gasteiger charge is -2.14. The van der Waals surface area contributed by atoms with Crippen molar-refractivity contribution in [2.75, 3.05) is 0 Å². The fraction of sp³-hybridized carbons (Fsp3) is 0.286. The summed E-state index contributed by atoms with van der Waals surface area (Å²) in [5.41, 5.74) is 0.768. The second-order valence-electron chi connectivity index (χ2n) is 4.77. The highest BCUT2D eigenvalue weighted by molar-refractivity contribution is 5.87. The molecule has 3 rings (SSSR count). The van der Waals surface area contributed by atoms with Gasteiger partial charge in [0.05, 0.1) is 0 Å². The van der Waals surface area contributed by atoms with Crippen molar-refractivity contribution in [2.45, 2.75) is 25.7 Å². The van der Waals surface area contributed by atoms with Gasteiger partial charge in [-0.15, -0.1) is 0 Å².